The second kappa shape index (κ2) is 20.0. The number of rotatable bonds is 19. The van der Waals surface area contributed by atoms with Crippen LogP contribution in [-0.4, -0.2) is 84.4 Å². The van der Waals surface area contributed by atoms with Crippen molar-refractivity contribution in [3.05, 3.63) is 65.3 Å². The number of nitrogens with zero attached hydrogens (tertiary/aromatic N) is 2. The number of nitrogens with one attached hydrogen (secondary N) is 3. The van der Waals surface area contributed by atoms with Gasteiger partial charge in [0, 0.05) is 22.3 Å². The van der Waals surface area contributed by atoms with Gasteiger partial charge in [0.05, 0.1) is 65.7 Å². The zero-order valence-electron chi connectivity index (χ0n) is 28.1. The van der Waals surface area contributed by atoms with Crippen LogP contribution < -0.4 is 20.8 Å². The average molecular weight is 852 g/mol. The second-order valence-electron chi connectivity index (χ2n) is 11.0. The molecule has 300 valence electrons. The lowest BCUT2D eigenvalue weighted by Gasteiger charge is -2.30. The fraction of sp³-hybridized carbons (Fsp3) is 0.276. The Hall–Kier alpha value is -4.29. The number of fused-ring (bicyclic) bond motifs is 1. The van der Waals surface area contributed by atoms with Gasteiger partial charge >= 0.3 is 16.4 Å². The zero-order valence-corrected chi connectivity index (χ0v) is 31.4. The molecule has 2 aromatic rings. The van der Waals surface area contributed by atoms with Gasteiger partial charge in [-0.25, -0.2) is 24.5 Å². The molecule has 22 nitrogen and oxygen atoms in total. The minimum atomic E-state index is -4.89. The van der Waals surface area contributed by atoms with Crippen LogP contribution in [0.1, 0.15) is 19.3 Å². The van der Waals surface area contributed by atoms with Crippen LogP contribution in [0.25, 0.3) is 0 Å². The third kappa shape index (κ3) is 12.9. The third-order valence-electron chi connectivity index (χ3n) is 7.34. The van der Waals surface area contributed by atoms with Gasteiger partial charge in [-0.2, -0.15) is 21.9 Å². The van der Waals surface area contributed by atoms with E-state index < -0.39 is 43.3 Å². The molecule has 0 bridgehead atoms. The molecule has 0 fully saturated rings. The lowest BCUT2D eigenvalue weighted by Crippen LogP contribution is -2.35. The first kappa shape index (κ1) is 43.4. The maximum Gasteiger partial charge on any atom is 0.397 e. The van der Waals surface area contributed by atoms with Crippen molar-refractivity contribution in [1.29, 1.82) is 0 Å². The van der Waals surface area contributed by atoms with Crippen LogP contribution in [0, 0.1) is 11.8 Å². The van der Waals surface area contributed by atoms with Crippen LogP contribution in [0.4, 0.5) is 21.9 Å². The highest BCUT2D eigenvalue weighted by atomic mass is 32.3. The number of hydrogen-bond donors (Lipinski definition) is 9. The first-order valence-corrected chi connectivity index (χ1v) is 19.6. The fourth-order valence-corrected chi connectivity index (χ4v) is 6.81. The minimum absolute atomic E-state index is 0.00760. The molecule has 4 rings (SSSR count). The molecule has 2 unspecified atom stereocenters. The lowest BCUT2D eigenvalue weighted by molar-refractivity contribution is -0.432. The minimum Gasteiger partial charge on any atom is -0.512 e. The maximum absolute atomic E-state index is 12.8. The van der Waals surface area contributed by atoms with Crippen LogP contribution in [0.5, 0.6) is 11.5 Å². The van der Waals surface area contributed by atoms with Crippen molar-refractivity contribution in [3.63, 3.8) is 0 Å². The summed E-state index contributed by atoms with van der Waals surface area (Å²) in [4.78, 5) is 17.3. The van der Waals surface area contributed by atoms with Gasteiger partial charge in [0.2, 0.25) is 0 Å². The Balaban J connectivity index is 1.69. The molecule has 2 atom stereocenters. The maximum atomic E-state index is 12.8. The van der Waals surface area contributed by atoms with E-state index >= 15 is 0 Å². The SMILES string of the molecule is COc1c(NN=C2C(=Nc3cc(SOOO)ccc3O)C=CC3C=C(SOOO)C=C(O)C23)cc(S(=O)(=O)O)cc1NC(=O)NCCCCCOS(=O)(=O)O. The number of unbranched alkanes of at least 4 members (excludes halogenated alkanes) is 2. The molecule has 26 heteroatoms. The highest BCUT2D eigenvalue weighted by Gasteiger charge is 2.36. The van der Waals surface area contributed by atoms with E-state index in [-0.39, 0.29) is 65.3 Å². The number of carbonyl (C=O) groups is 1. The van der Waals surface area contributed by atoms with E-state index in [1.165, 1.54) is 37.5 Å². The van der Waals surface area contributed by atoms with Crippen LogP contribution >= 0.6 is 24.1 Å². The van der Waals surface area contributed by atoms with Crippen molar-refractivity contribution in [2.45, 2.75) is 29.1 Å². The molecule has 0 aromatic heterocycles. The summed E-state index contributed by atoms with van der Waals surface area (Å²) in [5.74, 6) is -2.26. The number of aromatic hydroxyl groups is 1. The molecule has 2 aromatic carbocycles. The van der Waals surface area contributed by atoms with E-state index in [4.69, 9.17) is 19.8 Å². The average Bonchev–Trinajstić information content (AvgIpc) is 3.12. The first-order valence-electron chi connectivity index (χ1n) is 15.4. The number of phenolic OH excluding ortho intramolecular Hbond substituents is 1. The Labute approximate surface area is 321 Å². The molecule has 0 saturated carbocycles. The Morgan fingerprint density at radius 1 is 0.964 bits per heavy atom. The summed E-state index contributed by atoms with van der Waals surface area (Å²) in [5.41, 5.74) is 2.36. The van der Waals surface area contributed by atoms with Crippen molar-refractivity contribution in [3.8, 4) is 11.5 Å². The van der Waals surface area contributed by atoms with Gasteiger partial charge in [-0.3, -0.25) is 14.5 Å². The number of ether oxygens (including phenoxy) is 1. The molecule has 2 aliphatic carbocycles. The molecule has 9 N–H and O–H groups in total. The molecule has 2 aliphatic rings. The van der Waals surface area contributed by atoms with Crippen LogP contribution in [0.15, 0.2) is 85.2 Å². The molecular weight excluding hydrogens is 819 g/mol. The van der Waals surface area contributed by atoms with Gasteiger partial charge in [0.25, 0.3) is 10.1 Å². The van der Waals surface area contributed by atoms with Crippen molar-refractivity contribution >= 4 is 79.1 Å². The van der Waals surface area contributed by atoms with Crippen LogP contribution in [0.3, 0.4) is 0 Å². The van der Waals surface area contributed by atoms with Gasteiger partial charge in [0.15, 0.2) is 5.75 Å². The fourth-order valence-electron chi connectivity index (χ4n) is 5.06. The topological polar surface area (TPSA) is 323 Å². The predicted octanol–water partition coefficient (Wildman–Crippen LogP) is 4.94. The van der Waals surface area contributed by atoms with Crippen molar-refractivity contribution < 1.29 is 79.1 Å². The monoisotopic (exact) mass is 851 g/mol. The summed E-state index contributed by atoms with van der Waals surface area (Å²) in [6, 6.07) is 5.21. The highest BCUT2D eigenvalue weighted by molar-refractivity contribution is 7.98. The number of aliphatic hydroxyl groups excluding tert-OH is 1. The van der Waals surface area contributed by atoms with E-state index in [0.717, 1.165) is 12.1 Å². The summed E-state index contributed by atoms with van der Waals surface area (Å²) in [7, 11) is -8.24. The normalized spacial score (nSPS) is 18.4. The van der Waals surface area contributed by atoms with E-state index in [2.05, 4.69) is 49.1 Å². The molecule has 0 heterocycles. The Bertz CT molecular complexity index is 2090. The number of anilines is 2. The van der Waals surface area contributed by atoms with Gasteiger partial charge in [-0.15, -0.1) is 8.67 Å². The number of benzene rings is 2. The quantitative estimate of drug-likeness (QED) is 0.0297. The molecule has 0 radical (unpaired) electrons. The van der Waals surface area contributed by atoms with Crippen molar-refractivity contribution in [2.24, 2.45) is 21.9 Å². The molecule has 0 spiro atoms. The number of hydrazone groups is 1. The number of aliphatic hydroxyl groups is 1. The smallest absolute Gasteiger partial charge is 0.397 e. The van der Waals surface area contributed by atoms with Crippen molar-refractivity contribution in [2.75, 3.05) is 31.0 Å². The van der Waals surface area contributed by atoms with Crippen LogP contribution in [-0.2, 0) is 43.4 Å². The largest absolute Gasteiger partial charge is 0.512 e. The summed E-state index contributed by atoms with van der Waals surface area (Å²) in [6.07, 6.45) is 7.15. The number of amides is 2. The molecule has 0 aliphatic heterocycles. The van der Waals surface area contributed by atoms with Gasteiger partial charge in [-0.05, 0) is 61.7 Å². The second-order valence-corrected chi connectivity index (χ2v) is 15.0. The number of carbonyl (C=O) groups excluding carboxylic acids is 1. The lowest BCUT2D eigenvalue weighted by atomic mass is 9.77. The number of phenols is 1. The third-order valence-corrected chi connectivity index (χ3v) is 9.79. The summed E-state index contributed by atoms with van der Waals surface area (Å²) in [6.45, 7) is -0.165. The highest BCUT2D eigenvalue weighted by Crippen LogP contribution is 2.40. The number of aliphatic imine (C=N–C) groups is 1. The van der Waals surface area contributed by atoms with Crippen LogP contribution in [0.2, 0.25) is 0 Å². The predicted molar refractivity (Wildman–Crippen MR) is 195 cm³/mol. The van der Waals surface area contributed by atoms with Gasteiger partial charge in [0.1, 0.15) is 22.9 Å². The molecule has 2 amide bonds. The number of hydrogen-bond acceptors (Lipinski definition) is 20. The van der Waals surface area contributed by atoms with E-state index in [1.54, 1.807) is 12.2 Å². The molecular formula is C29H33N5O17S4. The Morgan fingerprint density at radius 2 is 1.69 bits per heavy atom. The van der Waals surface area contributed by atoms with E-state index in [0.29, 0.717) is 46.7 Å². The standard InChI is InChI=1S/C29H33N5O17S4/c1-46-28-22(32-29(37)30-9-3-2-4-10-47-55(43,44)45)14-19(54(40,41)42)15-23(28)33-34-27-20(31-21-12-17(52-50-48-38)6-8-24(21)35)7-5-16-11-18(53-51-49-39)13-25(36)26(16)27/h5-8,11-16,26,33,35-36,38-39H,2-4,9-10H2,1H3,(H2,30,32,37)(H,40,41,42)(H,43,44,45). The Morgan fingerprint density at radius 3 is 2.38 bits per heavy atom. The zero-order chi connectivity index (χ0) is 40.2. The summed E-state index contributed by atoms with van der Waals surface area (Å²) >= 11 is 1.19. The first-order chi connectivity index (χ1) is 26.1. The van der Waals surface area contributed by atoms with Gasteiger partial charge < -0.3 is 25.6 Å². The molecule has 55 heavy (non-hydrogen) atoms. The summed E-state index contributed by atoms with van der Waals surface area (Å²) < 4.78 is 83.1. The summed E-state index contributed by atoms with van der Waals surface area (Å²) in [5, 5.41) is 55.6. The van der Waals surface area contributed by atoms with Crippen molar-refractivity contribution in [1.82, 2.24) is 5.32 Å². The van der Waals surface area contributed by atoms with E-state index in [1.807, 2.05) is 0 Å². The number of allylic oxidation sites excluding steroid dienone is 5. The van der Waals surface area contributed by atoms with E-state index in [9.17, 15) is 36.4 Å². The molecule has 0 saturated heterocycles. The number of urea groups is 1. The number of methoxy groups -OCH3 is 1. The van der Waals surface area contributed by atoms with Gasteiger partial charge in [-0.1, -0.05) is 22.2 Å². The Kier molecular flexibility index (Phi) is 15.8.